The van der Waals surface area contributed by atoms with Crippen molar-refractivity contribution in [3.8, 4) is 0 Å². The number of halogens is 4. The molecule has 0 radical (unpaired) electrons. The Morgan fingerprint density at radius 3 is 2.47 bits per heavy atom. The molecule has 0 aliphatic rings. The number of nitrogens with zero attached hydrogens (tertiary/aromatic N) is 1. The van der Waals surface area contributed by atoms with Crippen LogP contribution in [-0.4, -0.2) is 12.0 Å². The summed E-state index contributed by atoms with van der Waals surface area (Å²) < 4.78 is 14.0. The van der Waals surface area contributed by atoms with E-state index in [4.69, 9.17) is 34.8 Å². The van der Waals surface area contributed by atoms with Crippen LogP contribution in [0, 0.1) is 5.82 Å². The van der Waals surface area contributed by atoms with Gasteiger partial charge in [0.15, 0.2) is 0 Å². The maximum absolute atomic E-state index is 14.0. The maximum Gasteiger partial charge on any atom is 0.129 e. The zero-order valence-electron chi connectivity index (χ0n) is 9.92. The first kappa shape index (κ1) is 14.5. The molecule has 0 fully saturated rings. The summed E-state index contributed by atoms with van der Waals surface area (Å²) in [6.45, 7) is 0. The van der Waals surface area contributed by atoms with Crippen molar-refractivity contribution in [2.45, 2.75) is 6.04 Å². The quantitative estimate of drug-likeness (QED) is 0.901. The third-order valence-corrected chi connectivity index (χ3v) is 3.42. The number of aromatic nitrogens is 1. The fourth-order valence-electron chi connectivity index (χ4n) is 1.81. The number of nitrogens with one attached hydrogen (secondary N) is 1. The van der Waals surface area contributed by atoms with E-state index in [0.717, 1.165) is 0 Å². The number of pyridine rings is 1. The van der Waals surface area contributed by atoms with Crippen LogP contribution in [0.25, 0.3) is 0 Å². The van der Waals surface area contributed by atoms with Gasteiger partial charge in [0.2, 0.25) is 0 Å². The van der Waals surface area contributed by atoms with Crippen LogP contribution in [0.5, 0.6) is 0 Å². The van der Waals surface area contributed by atoms with E-state index in [1.165, 1.54) is 12.3 Å². The van der Waals surface area contributed by atoms with Gasteiger partial charge in [-0.3, -0.25) is 4.98 Å². The normalized spacial score (nSPS) is 12.5. The van der Waals surface area contributed by atoms with Crippen LogP contribution in [0.15, 0.2) is 30.5 Å². The van der Waals surface area contributed by atoms with Gasteiger partial charge in [-0.25, -0.2) is 4.39 Å². The van der Waals surface area contributed by atoms with Crippen LogP contribution in [0.1, 0.15) is 17.3 Å². The van der Waals surface area contributed by atoms with Crippen molar-refractivity contribution in [2.75, 3.05) is 7.05 Å². The SMILES string of the molecule is CNC(c1ccc(Cl)cc1F)c1ncc(Cl)cc1Cl. The molecule has 2 rings (SSSR count). The molecule has 1 heterocycles. The molecular weight excluding hydrogens is 310 g/mol. The van der Waals surface area contributed by atoms with Gasteiger partial charge in [-0.15, -0.1) is 0 Å². The smallest absolute Gasteiger partial charge is 0.129 e. The van der Waals surface area contributed by atoms with E-state index in [1.54, 1.807) is 25.2 Å². The predicted molar refractivity (Wildman–Crippen MR) is 76.6 cm³/mol. The van der Waals surface area contributed by atoms with Crippen molar-refractivity contribution < 1.29 is 4.39 Å². The highest BCUT2D eigenvalue weighted by Crippen LogP contribution is 2.30. The molecule has 0 aliphatic carbocycles. The Kier molecular flexibility index (Phi) is 4.63. The molecule has 0 spiro atoms. The van der Waals surface area contributed by atoms with Crippen molar-refractivity contribution in [1.29, 1.82) is 0 Å². The van der Waals surface area contributed by atoms with Crippen molar-refractivity contribution in [3.63, 3.8) is 0 Å². The Balaban J connectivity index is 2.50. The van der Waals surface area contributed by atoms with Crippen molar-refractivity contribution in [3.05, 3.63) is 62.6 Å². The topological polar surface area (TPSA) is 24.9 Å². The third-order valence-electron chi connectivity index (χ3n) is 2.67. The van der Waals surface area contributed by atoms with Gasteiger partial charge in [0.25, 0.3) is 0 Å². The van der Waals surface area contributed by atoms with Gasteiger partial charge in [0, 0.05) is 16.8 Å². The minimum atomic E-state index is -0.470. The summed E-state index contributed by atoms with van der Waals surface area (Å²) in [6, 6.07) is 5.58. The minimum absolute atomic E-state index is 0.339. The van der Waals surface area contributed by atoms with Crippen molar-refractivity contribution in [1.82, 2.24) is 10.3 Å². The molecule has 0 amide bonds. The maximum atomic E-state index is 14.0. The molecule has 1 N–H and O–H groups in total. The third kappa shape index (κ3) is 3.18. The molecule has 2 nitrogen and oxygen atoms in total. The zero-order valence-corrected chi connectivity index (χ0v) is 12.2. The fourth-order valence-corrected chi connectivity index (χ4v) is 2.46. The van der Waals surface area contributed by atoms with Crippen molar-refractivity contribution >= 4 is 34.8 Å². The van der Waals surface area contributed by atoms with Gasteiger partial charge in [-0.2, -0.15) is 0 Å². The lowest BCUT2D eigenvalue weighted by Crippen LogP contribution is -2.20. The highest BCUT2D eigenvalue weighted by atomic mass is 35.5. The Bertz CT molecular complexity index is 553. The fraction of sp³-hybridized carbons (Fsp3) is 0.154. The van der Waals surface area contributed by atoms with Gasteiger partial charge >= 0.3 is 0 Å². The van der Waals surface area contributed by atoms with Crippen LogP contribution >= 0.6 is 34.8 Å². The average molecular weight is 320 g/mol. The van der Waals surface area contributed by atoms with Crippen LogP contribution in [0.4, 0.5) is 4.39 Å². The number of rotatable bonds is 3. The lowest BCUT2D eigenvalue weighted by atomic mass is 10.0. The number of hydrogen-bond acceptors (Lipinski definition) is 2. The molecule has 1 atom stereocenters. The largest absolute Gasteiger partial charge is 0.308 e. The van der Waals surface area contributed by atoms with Gasteiger partial charge in [0.05, 0.1) is 21.8 Å². The van der Waals surface area contributed by atoms with Gasteiger partial charge < -0.3 is 5.32 Å². The number of hydrogen-bond donors (Lipinski definition) is 1. The molecule has 0 bridgehead atoms. The molecule has 0 saturated heterocycles. The lowest BCUT2D eigenvalue weighted by Gasteiger charge is -2.18. The number of benzene rings is 1. The molecule has 1 aromatic carbocycles. The van der Waals surface area contributed by atoms with E-state index < -0.39 is 11.9 Å². The summed E-state index contributed by atoms with van der Waals surface area (Å²) in [4.78, 5) is 4.16. The van der Waals surface area contributed by atoms with Crippen LogP contribution in [-0.2, 0) is 0 Å². The average Bonchev–Trinajstić information content (AvgIpc) is 2.34. The molecule has 6 heteroatoms. The summed E-state index contributed by atoms with van der Waals surface area (Å²) in [5.74, 6) is -0.417. The standard InChI is InChI=1S/C13H10Cl3FN2/c1-18-12(9-3-2-7(14)5-11(9)17)13-10(16)4-8(15)6-19-13/h2-6,12,18H,1H3. The molecule has 19 heavy (non-hydrogen) atoms. The minimum Gasteiger partial charge on any atom is -0.308 e. The summed E-state index contributed by atoms with van der Waals surface area (Å²) >= 11 is 17.6. The van der Waals surface area contributed by atoms with Crippen LogP contribution < -0.4 is 5.32 Å². The first-order valence-corrected chi connectivity index (χ1v) is 6.59. The first-order chi connectivity index (χ1) is 9.02. The van der Waals surface area contributed by atoms with Crippen LogP contribution in [0.2, 0.25) is 15.1 Å². The molecule has 0 saturated carbocycles. The predicted octanol–water partition coefficient (Wildman–Crippen LogP) is 4.49. The van der Waals surface area contributed by atoms with Crippen molar-refractivity contribution in [2.24, 2.45) is 0 Å². The van der Waals surface area contributed by atoms with Crippen LogP contribution in [0.3, 0.4) is 0 Å². The molecule has 1 aromatic heterocycles. The second-order valence-corrected chi connectivity index (χ2v) is 5.19. The Labute approximate surface area is 125 Å². The highest BCUT2D eigenvalue weighted by Gasteiger charge is 2.20. The molecule has 1 unspecified atom stereocenters. The Hall–Kier alpha value is -0.870. The second-order valence-electron chi connectivity index (χ2n) is 3.91. The Morgan fingerprint density at radius 2 is 1.89 bits per heavy atom. The summed E-state index contributed by atoms with van der Waals surface area (Å²) in [6.07, 6.45) is 1.47. The first-order valence-electron chi connectivity index (χ1n) is 5.46. The molecular formula is C13H10Cl3FN2. The monoisotopic (exact) mass is 318 g/mol. The van der Waals surface area contributed by atoms with E-state index >= 15 is 0 Å². The van der Waals surface area contributed by atoms with Gasteiger partial charge in [-0.1, -0.05) is 40.9 Å². The van der Waals surface area contributed by atoms with Gasteiger partial charge in [-0.05, 0) is 25.2 Å². The summed E-state index contributed by atoms with van der Waals surface area (Å²) in [5.41, 5.74) is 0.929. The van der Waals surface area contributed by atoms with E-state index in [1.807, 2.05) is 0 Å². The lowest BCUT2D eigenvalue weighted by molar-refractivity contribution is 0.571. The van der Waals surface area contributed by atoms with E-state index in [9.17, 15) is 4.39 Å². The van der Waals surface area contributed by atoms with E-state index in [-0.39, 0.29) is 0 Å². The zero-order chi connectivity index (χ0) is 14.0. The Morgan fingerprint density at radius 1 is 1.16 bits per heavy atom. The summed E-state index contributed by atoms with van der Waals surface area (Å²) in [7, 11) is 1.70. The van der Waals surface area contributed by atoms with Gasteiger partial charge in [0.1, 0.15) is 5.82 Å². The molecule has 2 aromatic rings. The molecule has 100 valence electrons. The van der Waals surface area contributed by atoms with E-state index in [2.05, 4.69) is 10.3 Å². The summed E-state index contributed by atoms with van der Waals surface area (Å²) in [5, 5.41) is 4.13. The molecule has 0 aliphatic heterocycles. The highest BCUT2D eigenvalue weighted by molar-refractivity contribution is 6.34. The van der Waals surface area contributed by atoms with E-state index in [0.29, 0.717) is 26.3 Å². The second kappa shape index (κ2) is 6.06.